The van der Waals surface area contributed by atoms with Gasteiger partial charge in [-0.1, -0.05) is 31.2 Å². The van der Waals surface area contributed by atoms with Gasteiger partial charge in [-0.3, -0.25) is 0 Å². The molecule has 0 aliphatic heterocycles. The van der Waals surface area contributed by atoms with E-state index in [-0.39, 0.29) is 23.1 Å². The van der Waals surface area contributed by atoms with E-state index in [0.29, 0.717) is 52.6 Å². The van der Waals surface area contributed by atoms with Crippen molar-refractivity contribution in [3.05, 3.63) is 66.5 Å². The van der Waals surface area contributed by atoms with E-state index >= 15 is 0 Å². The molecule has 0 radical (unpaired) electrons. The molecule has 5 rings (SSSR count). The summed E-state index contributed by atoms with van der Waals surface area (Å²) in [5.74, 6) is 1.36. The molecule has 0 spiro atoms. The maximum Gasteiger partial charge on any atom is 0.407 e. The van der Waals surface area contributed by atoms with Crippen molar-refractivity contribution in [2.45, 2.75) is 89.3 Å². The number of fused-ring (bicyclic) bond motifs is 1. The molecule has 2 heterocycles. The summed E-state index contributed by atoms with van der Waals surface area (Å²) in [6.45, 7) is 9.74. The number of ether oxygens (including phenoxy) is 2. The average molecular weight is 647 g/mol. The molecule has 1 saturated carbocycles. The molecule has 0 bridgehead atoms. The van der Waals surface area contributed by atoms with Crippen LogP contribution in [0.5, 0.6) is 11.6 Å². The van der Waals surface area contributed by atoms with Crippen molar-refractivity contribution in [3.63, 3.8) is 0 Å². The van der Waals surface area contributed by atoms with Crippen LogP contribution in [-0.4, -0.2) is 53.7 Å². The third-order valence-corrected chi connectivity index (χ3v) is 9.20. The maximum atomic E-state index is 13.1. The highest BCUT2D eigenvalue weighted by molar-refractivity contribution is 7.89. The number of alkyl carbamates (subject to hydrolysis) is 1. The van der Waals surface area contributed by atoms with Gasteiger partial charge in [-0.25, -0.2) is 32.9 Å². The number of aryl methyl sites for hydroxylation is 1. The van der Waals surface area contributed by atoms with Gasteiger partial charge in [0.15, 0.2) is 0 Å². The quantitative estimate of drug-likeness (QED) is 0.171. The molecule has 244 valence electrons. The van der Waals surface area contributed by atoms with Gasteiger partial charge in [0.05, 0.1) is 16.2 Å². The van der Waals surface area contributed by atoms with E-state index in [9.17, 15) is 13.2 Å². The van der Waals surface area contributed by atoms with Gasteiger partial charge in [-0.15, -0.1) is 0 Å². The summed E-state index contributed by atoms with van der Waals surface area (Å²) < 4.78 is 40.7. The first-order valence-electron chi connectivity index (χ1n) is 15.7. The summed E-state index contributed by atoms with van der Waals surface area (Å²) in [5, 5.41) is 7.65. The first-order valence-corrected chi connectivity index (χ1v) is 17.2. The van der Waals surface area contributed by atoms with Gasteiger partial charge in [0, 0.05) is 41.8 Å². The van der Waals surface area contributed by atoms with Crippen molar-refractivity contribution in [1.29, 1.82) is 0 Å². The highest BCUT2D eigenvalue weighted by atomic mass is 32.2. The van der Waals surface area contributed by atoms with Crippen molar-refractivity contribution in [3.8, 4) is 22.9 Å². The Labute approximate surface area is 270 Å². The third kappa shape index (κ3) is 8.10. The molecule has 11 nitrogen and oxygen atoms in total. The molecule has 1 aliphatic carbocycles. The van der Waals surface area contributed by atoms with Crippen molar-refractivity contribution in [1.82, 2.24) is 25.0 Å². The Hall–Kier alpha value is -4.29. The topological polar surface area (TPSA) is 144 Å². The van der Waals surface area contributed by atoms with Gasteiger partial charge in [0.2, 0.25) is 21.9 Å². The van der Waals surface area contributed by atoms with E-state index < -0.39 is 15.6 Å². The fraction of sp³-hybridized carbons (Fsp3) is 0.412. The Kier molecular flexibility index (Phi) is 10.1. The van der Waals surface area contributed by atoms with Crippen molar-refractivity contribution in [2.75, 3.05) is 11.9 Å². The summed E-state index contributed by atoms with van der Waals surface area (Å²) in [5.41, 5.74) is 1.60. The Morgan fingerprint density at radius 1 is 0.935 bits per heavy atom. The lowest BCUT2D eigenvalue weighted by Crippen LogP contribution is -2.42. The minimum Gasteiger partial charge on any atom is -0.444 e. The van der Waals surface area contributed by atoms with Crippen LogP contribution in [0, 0.1) is 6.92 Å². The maximum absolute atomic E-state index is 13.1. The predicted octanol–water partition coefficient (Wildman–Crippen LogP) is 6.73. The minimum atomic E-state index is -3.70. The Morgan fingerprint density at radius 2 is 1.70 bits per heavy atom. The number of carbonyl (C=O) groups excluding carboxylic acids is 1. The molecular formula is C34H42N6O5S. The molecule has 1 fully saturated rings. The number of pyridine rings is 1. The van der Waals surface area contributed by atoms with Crippen molar-refractivity contribution in [2.24, 2.45) is 0 Å². The Morgan fingerprint density at radius 3 is 2.43 bits per heavy atom. The molecule has 0 saturated heterocycles. The van der Waals surface area contributed by atoms with E-state index in [1.807, 2.05) is 58.9 Å². The molecular weight excluding hydrogens is 604 g/mol. The van der Waals surface area contributed by atoms with Gasteiger partial charge >= 0.3 is 6.09 Å². The summed E-state index contributed by atoms with van der Waals surface area (Å²) in [6.07, 6.45) is 6.98. The molecule has 46 heavy (non-hydrogen) atoms. The number of aromatic nitrogens is 3. The van der Waals surface area contributed by atoms with Gasteiger partial charge in [-0.05, 0) is 89.6 Å². The molecule has 12 heteroatoms. The van der Waals surface area contributed by atoms with E-state index in [1.165, 1.54) is 0 Å². The summed E-state index contributed by atoms with van der Waals surface area (Å²) >= 11 is 0. The highest BCUT2D eigenvalue weighted by Crippen LogP contribution is 2.38. The second-order valence-corrected chi connectivity index (χ2v) is 14.3. The molecule has 1 amide bonds. The molecule has 1 aliphatic rings. The third-order valence-electron chi connectivity index (χ3n) is 7.68. The van der Waals surface area contributed by atoms with Crippen LogP contribution < -0.4 is 20.1 Å². The smallest absolute Gasteiger partial charge is 0.407 e. The predicted molar refractivity (Wildman–Crippen MR) is 179 cm³/mol. The number of sulfonamides is 1. The van der Waals surface area contributed by atoms with Gasteiger partial charge in [0.1, 0.15) is 11.4 Å². The lowest BCUT2D eigenvalue weighted by atomic mass is 9.91. The van der Waals surface area contributed by atoms with Gasteiger partial charge in [0.25, 0.3) is 0 Å². The zero-order chi connectivity index (χ0) is 32.9. The highest BCUT2D eigenvalue weighted by Gasteiger charge is 2.26. The summed E-state index contributed by atoms with van der Waals surface area (Å²) in [4.78, 5) is 26.1. The van der Waals surface area contributed by atoms with Gasteiger partial charge in [-0.2, -0.15) is 0 Å². The van der Waals surface area contributed by atoms with Crippen LogP contribution >= 0.6 is 0 Å². The molecule has 3 N–H and O–H groups in total. The number of benzene rings is 2. The monoisotopic (exact) mass is 646 g/mol. The SMILES string of the molecule is CCCNS(=O)(=O)c1cccc2c(Oc3ncccc3-c3ccnc(NC4CCC(NC(=O)OC(C)(C)C)CC4)n3)c(C)ccc12. The number of carbonyl (C=O) groups is 1. The lowest BCUT2D eigenvalue weighted by molar-refractivity contribution is 0.0492. The van der Waals surface area contributed by atoms with Crippen molar-refractivity contribution >= 4 is 32.8 Å². The second kappa shape index (κ2) is 14.0. The van der Waals surface area contributed by atoms with E-state index in [4.69, 9.17) is 14.5 Å². The van der Waals surface area contributed by atoms with Crippen LogP contribution in [0.25, 0.3) is 22.0 Å². The number of nitrogens with one attached hydrogen (secondary N) is 3. The van der Waals surface area contributed by atoms with Crippen molar-refractivity contribution < 1.29 is 22.7 Å². The molecule has 0 atom stereocenters. The number of amides is 1. The first-order chi connectivity index (χ1) is 21.9. The standard InChI is InChI=1S/C34H42N6O5S/c1-6-19-37-46(42,43)29-11-7-9-26-25(29)17-12-22(2)30(26)44-31-27(10-8-20-35-31)28-18-21-36-32(40-28)38-23-13-15-24(16-14-23)39-33(41)45-34(3,4)5/h7-12,17-18,20-21,23-24,37H,6,13-16,19H2,1-5H3,(H,39,41)(H,36,38,40). The van der Waals surface area contributed by atoms with Crippen LogP contribution in [0.2, 0.25) is 0 Å². The van der Waals surface area contributed by atoms with Crippen LogP contribution in [-0.2, 0) is 14.8 Å². The molecule has 2 aromatic carbocycles. The summed E-state index contributed by atoms with van der Waals surface area (Å²) in [6, 6.07) is 14.6. The fourth-order valence-corrected chi connectivity index (χ4v) is 6.83. The number of hydrogen-bond donors (Lipinski definition) is 3. The average Bonchev–Trinajstić information content (AvgIpc) is 3.01. The minimum absolute atomic E-state index is 0.0663. The first kappa shape index (κ1) is 33.1. The second-order valence-electron chi connectivity index (χ2n) is 12.5. The normalized spacial score (nSPS) is 17.0. The summed E-state index contributed by atoms with van der Waals surface area (Å²) in [7, 11) is -3.70. The lowest BCUT2D eigenvalue weighted by Gasteiger charge is -2.30. The zero-order valence-corrected chi connectivity index (χ0v) is 27.8. The number of nitrogens with zero attached hydrogens (tertiary/aromatic N) is 3. The van der Waals surface area contributed by atoms with Crippen LogP contribution in [0.3, 0.4) is 0 Å². The number of rotatable bonds is 10. The number of anilines is 1. The van der Waals surface area contributed by atoms with E-state index in [0.717, 1.165) is 31.2 Å². The fourth-order valence-electron chi connectivity index (χ4n) is 5.48. The molecule has 0 unspecified atom stereocenters. The number of hydrogen-bond acceptors (Lipinski definition) is 9. The van der Waals surface area contributed by atoms with Crippen LogP contribution in [0.15, 0.2) is 65.8 Å². The molecule has 2 aromatic heterocycles. The molecule has 4 aromatic rings. The zero-order valence-electron chi connectivity index (χ0n) is 27.0. The van der Waals surface area contributed by atoms with E-state index in [1.54, 1.807) is 36.7 Å². The van der Waals surface area contributed by atoms with E-state index in [2.05, 4.69) is 25.3 Å². The van der Waals surface area contributed by atoms with Crippen LogP contribution in [0.4, 0.5) is 10.7 Å². The van der Waals surface area contributed by atoms with Gasteiger partial charge < -0.3 is 20.1 Å². The Bertz CT molecular complexity index is 1800. The Balaban J connectivity index is 1.34. The largest absolute Gasteiger partial charge is 0.444 e. The van der Waals surface area contributed by atoms with Crippen LogP contribution in [0.1, 0.15) is 65.4 Å².